The van der Waals surface area contributed by atoms with Crippen molar-refractivity contribution in [2.75, 3.05) is 0 Å². The van der Waals surface area contributed by atoms with Crippen LogP contribution < -0.4 is 0 Å². The largest absolute Gasteiger partial charge is 0.292 e. The second-order valence-electron chi connectivity index (χ2n) is 1.43. The lowest BCUT2D eigenvalue weighted by molar-refractivity contribution is -0.120. The monoisotopic (exact) mass is 112 g/mol. The van der Waals surface area contributed by atoms with Crippen LogP contribution in [0.1, 0.15) is 6.92 Å². The number of amides is 1. The Labute approximate surface area is 47.1 Å². The molecule has 8 heavy (non-hydrogen) atoms. The molecule has 0 aliphatic rings. The molecule has 0 fully saturated rings. The van der Waals surface area contributed by atoms with E-state index in [-0.39, 0.29) is 0 Å². The molecule has 0 bridgehead atoms. The molecule has 0 N–H and O–H groups in total. The molecule has 1 atom stereocenters. The average Bonchev–Trinajstić information content (AvgIpc) is 1.67. The van der Waals surface area contributed by atoms with Gasteiger partial charge in [-0.25, -0.2) is 0 Å². The molecule has 0 saturated carbocycles. The Balaban J connectivity index is 3.84. The second-order valence-corrected chi connectivity index (χ2v) is 1.43. The van der Waals surface area contributed by atoms with Crippen LogP contribution in [0.4, 0.5) is 0 Å². The summed E-state index contributed by atoms with van der Waals surface area (Å²) in [6.07, 6.45) is 0. The van der Waals surface area contributed by atoms with E-state index in [1.54, 1.807) is 6.92 Å². The lowest BCUT2D eigenvalue weighted by Crippen LogP contribution is -2.00. The Morgan fingerprint density at radius 3 is 2.62 bits per heavy atom. The lowest BCUT2D eigenvalue weighted by Gasteiger charge is -1.90. The van der Waals surface area contributed by atoms with Crippen LogP contribution in [0.15, 0.2) is 5.11 Å². The second kappa shape index (κ2) is 3.04. The fourth-order valence-electron chi connectivity index (χ4n) is 0.143. The van der Waals surface area contributed by atoms with Gasteiger partial charge in [0, 0.05) is 10.8 Å². The molecule has 0 rings (SSSR count). The number of hydrogen-bond acceptors (Lipinski definition) is 1. The van der Waals surface area contributed by atoms with Crippen molar-refractivity contribution in [1.29, 1.82) is 0 Å². The minimum Gasteiger partial charge on any atom is -0.292 e. The minimum absolute atomic E-state index is 0.439. The van der Waals surface area contributed by atoms with E-state index in [1.807, 2.05) is 0 Å². The summed E-state index contributed by atoms with van der Waals surface area (Å²) in [6.45, 7) is 4.91. The third-order valence-corrected chi connectivity index (χ3v) is 0.565. The van der Waals surface area contributed by atoms with Crippen molar-refractivity contribution in [2.24, 2.45) is 11.0 Å². The predicted octanol–water partition coefficient (Wildman–Crippen LogP) is 1.29. The van der Waals surface area contributed by atoms with Crippen LogP contribution in [0.3, 0.4) is 0 Å². The molecule has 0 aromatic rings. The van der Waals surface area contributed by atoms with Gasteiger partial charge >= 0.3 is 0 Å². The van der Waals surface area contributed by atoms with Crippen LogP contribution >= 0.6 is 0 Å². The van der Waals surface area contributed by atoms with Crippen LogP contribution in [-0.2, 0) is 4.79 Å². The molecular weight excluding hydrogens is 106 g/mol. The summed E-state index contributed by atoms with van der Waals surface area (Å²) in [5.41, 5.74) is 7.70. The molecule has 0 aromatic carbocycles. The SMILES string of the molecule is [CH2]C(C)C(=O)N=[N+]=[N-]. The van der Waals surface area contributed by atoms with Gasteiger partial charge in [0.25, 0.3) is 0 Å². The zero-order valence-electron chi connectivity index (χ0n) is 4.53. The van der Waals surface area contributed by atoms with Gasteiger partial charge in [0.05, 0.1) is 0 Å². The first-order valence-electron chi connectivity index (χ1n) is 2.10. The Morgan fingerprint density at radius 1 is 2.00 bits per heavy atom. The van der Waals surface area contributed by atoms with Gasteiger partial charge in [-0.3, -0.25) is 4.79 Å². The summed E-state index contributed by atoms with van der Waals surface area (Å²) in [5, 5.41) is 2.80. The highest BCUT2D eigenvalue weighted by atomic mass is 16.1. The van der Waals surface area contributed by atoms with Gasteiger partial charge in [-0.1, -0.05) is 6.92 Å². The molecule has 0 aliphatic carbocycles. The van der Waals surface area contributed by atoms with Crippen molar-refractivity contribution in [3.8, 4) is 0 Å². The van der Waals surface area contributed by atoms with Crippen LogP contribution in [0, 0.1) is 12.8 Å². The van der Waals surface area contributed by atoms with Crippen molar-refractivity contribution >= 4 is 5.91 Å². The molecule has 0 saturated heterocycles. The Kier molecular flexibility index (Phi) is 2.66. The summed E-state index contributed by atoms with van der Waals surface area (Å²) in [7, 11) is 0. The molecule has 4 heteroatoms. The molecule has 1 unspecified atom stereocenters. The smallest absolute Gasteiger partial charge is 0.221 e. The van der Waals surface area contributed by atoms with Crippen molar-refractivity contribution in [2.45, 2.75) is 6.92 Å². The zero-order chi connectivity index (χ0) is 6.57. The van der Waals surface area contributed by atoms with E-state index in [9.17, 15) is 4.79 Å². The summed E-state index contributed by atoms with van der Waals surface area (Å²) in [6, 6.07) is 0. The third kappa shape index (κ3) is 2.21. The van der Waals surface area contributed by atoms with Crippen molar-refractivity contribution in [3.05, 3.63) is 17.4 Å². The number of hydrogen-bond donors (Lipinski definition) is 0. The summed E-state index contributed by atoms with van der Waals surface area (Å²) in [5.74, 6) is -0.960. The molecular formula is C4H6N3O. The van der Waals surface area contributed by atoms with Crippen LogP contribution in [0.5, 0.6) is 0 Å². The molecule has 43 valence electrons. The normalized spacial score (nSPS) is 8.38. The number of carbonyl (C=O) groups excluding carboxylic acids is 1. The van der Waals surface area contributed by atoms with Gasteiger partial charge in [-0.15, -0.1) is 0 Å². The molecule has 0 heterocycles. The highest BCUT2D eigenvalue weighted by Gasteiger charge is 2.01. The maximum atomic E-state index is 10.3. The fraction of sp³-hybridized carbons (Fsp3) is 0.500. The topological polar surface area (TPSA) is 65.8 Å². The van der Waals surface area contributed by atoms with Crippen molar-refractivity contribution < 1.29 is 4.79 Å². The quantitative estimate of drug-likeness (QED) is 0.286. The third-order valence-electron chi connectivity index (χ3n) is 0.565. The fourth-order valence-corrected chi connectivity index (χ4v) is 0.143. The standard InChI is InChI=1S/C4H6N3O/c1-3(2)4(8)6-7-5/h3H,1H2,2H3. The van der Waals surface area contributed by atoms with Gasteiger partial charge in [0.2, 0.25) is 5.91 Å². The van der Waals surface area contributed by atoms with Crippen molar-refractivity contribution in [3.63, 3.8) is 0 Å². The van der Waals surface area contributed by atoms with E-state index in [0.717, 1.165) is 0 Å². The molecule has 0 aromatic heterocycles. The Hall–Kier alpha value is -1.02. The Morgan fingerprint density at radius 2 is 2.50 bits per heavy atom. The van der Waals surface area contributed by atoms with Crippen LogP contribution in [-0.4, -0.2) is 5.91 Å². The van der Waals surface area contributed by atoms with Crippen molar-refractivity contribution in [1.82, 2.24) is 0 Å². The van der Waals surface area contributed by atoms with E-state index in [2.05, 4.69) is 16.9 Å². The number of rotatable bonds is 1. The highest BCUT2D eigenvalue weighted by Crippen LogP contribution is 1.93. The first-order chi connectivity index (χ1) is 3.68. The number of azide groups is 1. The summed E-state index contributed by atoms with van der Waals surface area (Å²) >= 11 is 0. The van der Waals surface area contributed by atoms with Gasteiger partial charge in [0.15, 0.2) is 0 Å². The van der Waals surface area contributed by atoms with Crippen LogP contribution in [0.2, 0.25) is 0 Å². The first kappa shape index (κ1) is 6.98. The highest BCUT2D eigenvalue weighted by molar-refractivity contribution is 5.79. The summed E-state index contributed by atoms with van der Waals surface area (Å²) in [4.78, 5) is 12.6. The summed E-state index contributed by atoms with van der Waals surface area (Å²) < 4.78 is 0. The van der Waals surface area contributed by atoms with E-state index < -0.39 is 11.8 Å². The van der Waals surface area contributed by atoms with Gasteiger partial charge in [0.1, 0.15) is 0 Å². The minimum atomic E-state index is -0.521. The van der Waals surface area contributed by atoms with Gasteiger partial charge in [-0.05, 0) is 17.6 Å². The molecule has 0 spiro atoms. The molecule has 0 aliphatic heterocycles. The molecule has 1 amide bonds. The molecule has 4 nitrogen and oxygen atoms in total. The number of nitrogens with zero attached hydrogens (tertiary/aromatic N) is 3. The van der Waals surface area contributed by atoms with E-state index in [4.69, 9.17) is 5.53 Å². The first-order valence-corrected chi connectivity index (χ1v) is 2.10. The zero-order valence-corrected chi connectivity index (χ0v) is 4.53. The maximum Gasteiger partial charge on any atom is 0.221 e. The van der Waals surface area contributed by atoms with E-state index in [1.165, 1.54) is 0 Å². The maximum absolute atomic E-state index is 10.3. The van der Waals surface area contributed by atoms with Gasteiger partial charge < -0.3 is 0 Å². The number of carbonyl (C=O) groups is 1. The molecule has 1 radical (unpaired) electrons. The van der Waals surface area contributed by atoms with Gasteiger partial charge in [-0.2, -0.15) is 0 Å². The average molecular weight is 112 g/mol. The van der Waals surface area contributed by atoms with Crippen LogP contribution in [0.25, 0.3) is 10.4 Å². The lowest BCUT2D eigenvalue weighted by atomic mass is 10.2. The predicted molar refractivity (Wildman–Crippen MR) is 28.7 cm³/mol. The van der Waals surface area contributed by atoms with E-state index >= 15 is 0 Å². The Bertz CT molecular complexity index is 134. The van der Waals surface area contributed by atoms with E-state index in [0.29, 0.717) is 0 Å².